The number of carbonyl (C=O) groups excluding carboxylic acids is 2. The molecule has 0 spiro atoms. The van der Waals surface area contributed by atoms with Gasteiger partial charge in [0.2, 0.25) is 0 Å². The van der Waals surface area contributed by atoms with E-state index < -0.39 is 0 Å². The van der Waals surface area contributed by atoms with Gasteiger partial charge in [0.1, 0.15) is 6.10 Å². The lowest BCUT2D eigenvalue weighted by Crippen LogP contribution is -2.13. The Morgan fingerprint density at radius 3 is 2.40 bits per heavy atom. The van der Waals surface area contributed by atoms with Gasteiger partial charge >= 0.3 is 5.97 Å². The molecule has 0 bridgehead atoms. The molecule has 0 aromatic heterocycles. The molecule has 25 heavy (non-hydrogen) atoms. The summed E-state index contributed by atoms with van der Waals surface area (Å²) in [5.74, 6) is -0.254. The largest absolute Gasteiger partial charge is 0.458 e. The van der Waals surface area contributed by atoms with Gasteiger partial charge in [-0.3, -0.25) is 9.59 Å². The Hall–Kier alpha value is -2.16. The molecule has 1 aromatic carbocycles. The van der Waals surface area contributed by atoms with E-state index in [0.29, 0.717) is 5.56 Å². The van der Waals surface area contributed by atoms with Crippen LogP contribution in [0, 0.1) is 0 Å². The Kier molecular flexibility index (Phi) is 11.0. The van der Waals surface area contributed by atoms with Gasteiger partial charge in [-0.05, 0) is 24.5 Å². The maximum Gasteiger partial charge on any atom is 0.303 e. The van der Waals surface area contributed by atoms with E-state index in [1.165, 1.54) is 39.0 Å². The van der Waals surface area contributed by atoms with Crippen molar-refractivity contribution >= 4 is 18.3 Å². The molecular weight excluding hydrogens is 312 g/mol. The van der Waals surface area contributed by atoms with Gasteiger partial charge in [0.15, 0.2) is 6.29 Å². The first kappa shape index (κ1) is 20.9. The number of carbonyl (C=O) groups is 2. The van der Waals surface area contributed by atoms with Gasteiger partial charge in [0.25, 0.3) is 0 Å². The van der Waals surface area contributed by atoms with E-state index in [9.17, 15) is 9.59 Å². The Morgan fingerprint density at radius 2 is 1.72 bits per heavy atom. The van der Waals surface area contributed by atoms with Crippen LogP contribution in [0.15, 0.2) is 42.5 Å². The second kappa shape index (κ2) is 13.2. The van der Waals surface area contributed by atoms with Crippen molar-refractivity contribution in [1.82, 2.24) is 0 Å². The van der Waals surface area contributed by atoms with Gasteiger partial charge in [0, 0.05) is 12.5 Å². The molecule has 3 nitrogen and oxygen atoms in total. The quantitative estimate of drug-likeness (QED) is 0.210. The van der Waals surface area contributed by atoms with E-state index in [0.717, 1.165) is 24.7 Å². The van der Waals surface area contributed by atoms with Crippen molar-refractivity contribution in [3.05, 3.63) is 53.6 Å². The molecule has 0 amide bonds. The maximum atomic E-state index is 11.3. The van der Waals surface area contributed by atoms with Crippen molar-refractivity contribution in [3.8, 4) is 0 Å². The third-order valence-corrected chi connectivity index (χ3v) is 4.00. The van der Waals surface area contributed by atoms with E-state index in [1.54, 1.807) is 6.07 Å². The summed E-state index contributed by atoms with van der Waals surface area (Å²) >= 11 is 0. The molecular formula is C22H30O3. The smallest absolute Gasteiger partial charge is 0.303 e. The van der Waals surface area contributed by atoms with Crippen LogP contribution in [-0.2, 0) is 9.53 Å². The zero-order valence-corrected chi connectivity index (χ0v) is 15.4. The Labute approximate surface area is 151 Å². The van der Waals surface area contributed by atoms with Crippen LogP contribution in [0.2, 0.25) is 0 Å². The zero-order chi connectivity index (χ0) is 18.3. The minimum Gasteiger partial charge on any atom is -0.458 e. The van der Waals surface area contributed by atoms with Crippen molar-refractivity contribution in [3.63, 3.8) is 0 Å². The normalized spacial score (nSPS) is 12.6. The van der Waals surface area contributed by atoms with E-state index >= 15 is 0 Å². The molecule has 1 rings (SSSR count). The highest BCUT2D eigenvalue weighted by Crippen LogP contribution is 2.12. The van der Waals surface area contributed by atoms with Crippen LogP contribution in [0.4, 0.5) is 0 Å². The molecule has 0 aliphatic heterocycles. The summed E-state index contributed by atoms with van der Waals surface area (Å²) in [7, 11) is 0. The SMILES string of the molecule is CCCCCCCCC(/C=C/C=C/c1ccccc1C=O)OC(C)=O. The number of aldehydes is 1. The van der Waals surface area contributed by atoms with Crippen molar-refractivity contribution in [2.75, 3.05) is 0 Å². The van der Waals surface area contributed by atoms with E-state index in [-0.39, 0.29) is 12.1 Å². The average Bonchev–Trinajstić information content (AvgIpc) is 2.61. The van der Waals surface area contributed by atoms with E-state index in [4.69, 9.17) is 4.74 Å². The van der Waals surface area contributed by atoms with Gasteiger partial charge in [-0.15, -0.1) is 0 Å². The van der Waals surface area contributed by atoms with Crippen LogP contribution < -0.4 is 0 Å². The van der Waals surface area contributed by atoms with Gasteiger partial charge in [-0.25, -0.2) is 0 Å². The first-order valence-electron chi connectivity index (χ1n) is 9.23. The summed E-state index contributed by atoms with van der Waals surface area (Å²) in [6.07, 6.45) is 16.4. The maximum absolute atomic E-state index is 11.3. The second-order valence-electron chi connectivity index (χ2n) is 6.20. The summed E-state index contributed by atoms with van der Waals surface area (Å²) in [6.45, 7) is 3.65. The molecule has 1 aromatic rings. The molecule has 0 saturated carbocycles. The molecule has 0 N–H and O–H groups in total. The predicted molar refractivity (Wildman–Crippen MR) is 104 cm³/mol. The fourth-order valence-electron chi connectivity index (χ4n) is 2.65. The lowest BCUT2D eigenvalue weighted by atomic mass is 10.1. The summed E-state index contributed by atoms with van der Waals surface area (Å²) in [5.41, 5.74) is 1.54. The number of esters is 1. The first-order chi connectivity index (χ1) is 12.2. The van der Waals surface area contributed by atoms with Gasteiger partial charge in [-0.2, -0.15) is 0 Å². The van der Waals surface area contributed by atoms with Gasteiger partial charge in [-0.1, -0.05) is 81.5 Å². The van der Waals surface area contributed by atoms with Crippen molar-refractivity contribution in [2.45, 2.75) is 64.9 Å². The molecule has 1 atom stereocenters. The third-order valence-electron chi connectivity index (χ3n) is 4.00. The van der Waals surface area contributed by atoms with Crippen LogP contribution in [0.1, 0.15) is 74.7 Å². The Balaban J connectivity index is 2.50. The number of hydrogen-bond donors (Lipinski definition) is 0. The van der Waals surface area contributed by atoms with Crippen LogP contribution in [0.5, 0.6) is 0 Å². The molecule has 0 aliphatic rings. The summed E-state index contributed by atoms with van der Waals surface area (Å²) in [6, 6.07) is 7.43. The molecule has 136 valence electrons. The number of benzene rings is 1. The molecule has 0 heterocycles. The lowest BCUT2D eigenvalue weighted by molar-refractivity contribution is -0.144. The van der Waals surface area contributed by atoms with E-state index in [1.807, 2.05) is 42.5 Å². The molecule has 1 unspecified atom stereocenters. The Morgan fingerprint density at radius 1 is 1.04 bits per heavy atom. The summed E-state index contributed by atoms with van der Waals surface area (Å²) in [4.78, 5) is 22.2. The zero-order valence-electron chi connectivity index (χ0n) is 15.4. The van der Waals surface area contributed by atoms with Crippen molar-refractivity contribution in [1.29, 1.82) is 0 Å². The highest BCUT2D eigenvalue weighted by Gasteiger charge is 2.07. The van der Waals surface area contributed by atoms with E-state index in [2.05, 4.69) is 6.92 Å². The molecule has 0 radical (unpaired) electrons. The number of allylic oxidation sites excluding steroid dienone is 2. The molecule has 3 heteroatoms. The van der Waals surface area contributed by atoms with Crippen LogP contribution in [0.25, 0.3) is 6.08 Å². The van der Waals surface area contributed by atoms with Gasteiger partial charge in [0.05, 0.1) is 0 Å². The molecule has 0 saturated heterocycles. The fourth-order valence-corrected chi connectivity index (χ4v) is 2.65. The number of ether oxygens (including phenoxy) is 1. The molecule has 0 aliphatic carbocycles. The number of unbranched alkanes of at least 4 members (excludes halogenated alkanes) is 5. The Bertz CT molecular complexity index is 572. The van der Waals surface area contributed by atoms with Crippen molar-refractivity contribution in [2.24, 2.45) is 0 Å². The monoisotopic (exact) mass is 342 g/mol. The lowest BCUT2D eigenvalue weighted by Gasteiger charge is -2.12. The minimum atomic E-state index is -0.254. The minimum absolute atomic E-state index is 0.186. The topological polar surface area (TPSA) is 43.4 Å². The predicted octanol–water partition coefficient (Wildman–Crippen LogP) is 5.75. The average molecular weight is 342 g/mol. The second-order valence-corrected chi connectivity index (χ2v) is 6.20. The standard InChI is InChI=1S/C22H30O3/c1-3-4-5-6-7-8-16-22(25-19(2)24)17-12-11-14-20-13-9-10-15-21(20)18-23/h9-15,17-18,22H,3-8,16H2,1-2H3/b14-11+,17-12+. The van der Waals surface area contributed by atoms with Crippen LogP contribution >= 0.6 is 0 Å². The molecule has 0 fully saturated rings. The third kappa shape index (κ3) is 9.65. The van der Waals surface area contributed by atoms with Crippen LogP contribution in [-0.4, -0.2) is 18.4 Å². The number of hydrogen-bond acceptors (Lipinski definition) is 3. The summed E-state index contributed by atoms with van der Waals surface area (Å²) in [5, 5.41) is 0. The first-order valence-corrected chi connectivity index (χ1v) is 9.23. The van der Waals surface area contributed by atoms with Crippen molar-refractivity contribution < 1.29 is 14.3 Å². The highest BCUT2D eigenvalue weighted by molar-refractivity contribution is 5.81. The van der Waals surface area contributed by atoms with Crippen LogP contribution in [0.3, 0.4) is 0 Å². The highest BCUT2D eigenvalue weighted by atomic mass is 16.5. The van der Waals surface area contributed by atoms with Gasteiger partial charge < -0.3 is 4.74 Å². The fraction of sp³-hybridized carbons (Fsp3) is 0.455. The summed E-state index contributed by atoms with van der Waals surface area (Å²) < 4.78 is 5.36. The number of rotatable bonds is 12.